The maximum atomic E-state index is 12.7. The van der Waals surface area contributed by atoms with Crippen molar-refractivity contribution in [3.05, 3.63) is 107 Å². The number of carbonyl (C=O) groups is 1. The summed E-state index contributed by atoms with van der Waals surface area (Å²) >= 11 is 5.87. The van der Waals surface area contributed by atoms with Gasteiger partial charge in [-0.05, 0) is 28.8 Å². The number of halogens is 1. The Bertz CT molecular complexity index is 871. The van der Waals surface area contributed by atoms with E-state index in [1.165, 1.54) is 0 Å². The summed E-state index contributed by atoms with van der Waals surface area (Å²) < 4.78 is 0. The molecule has 2 N–H and O–H groups in total. The molecule has 0 unspecified atom stereocenters. The van der Waals surface area contributed by atoms with Gasteiger partial charge in [-0.15, -0.1) is 0 Å². The van der Waals surface area contributed by atoms with Gasteiger partial charge in [0.25, 0.3) is 0 Å². The average Bonchev–Trinajstić information content (AvgIpc) is 2.70. The van der Waals surface area contributed by atoms with Crippen LogP contribution in [0.25, 0.3) is 0 Å². The number of amidine groups is 1. The third-order valence-corrected chi connectivity index (χ3v) is 4.30. The summed E-state index contributed by atoms with van der Waals surface area (Å²) in [4.78, 5) is 17.9. The molecule has 3 rings (SSSR count). The zero-order valence-electron chi connectivity index (χ0n) is 14.6. The molecule has 0 aliphatic carbocycles. The molecule has 27 heavy (non-hydrogen) atoms. The van der Waals surface area contributed by atoms with Crippen molar-refractivity contribution >= 4 is 23.4 Å². The molecule has 0 bridgehead atoms. The van der Waals surface area contributed by atoms with Crippen molar-refractivity contribution in [3.63, 3.8) is 0 Å². The van der Waals surface area contributed by atoms with Crippen LogP contribution in [0.3, 0.4) is 0 Å². The van der Waals surface area contributed by atoms with E-state index < -0.39 is 11.9 Å². The summed E-state index contributed by atoms with van der Waals surface area (Å²) in [6, 6.07) is 26.2. The van der Waals surface area contributed by atoms with Crippen LogP contribution in [-0.2, 0) is 16.1 Å². The lowest BCUT2D eigenvalue weighted by atomic mass is 9.91. The molecule has 0 heterocycles. The Morgan fingerprint density at radius 1 is 0.889 bits per heavy atom. The Kier molecular flexibility index (Phi) is 6.23. The summed E-state index contributed by atoms with van der Waals surface area (Å²) in [6.45, 7) is 0. The Labute approximate surface area is 163 Å². The number of hydrogen-bond donors (Lipinski definition) is 1. The van der Waals surface area contributed by atoms with Gasteiger partial charge in [-0.3, -0.25) is 0 Å². The topological polar surface area (TPSA) is 64.7 Å². The van der Waals surface area contributed by atoms with Crippen molar-refractivity contribution in [1.29, 1.82) is 0 Å². The van der Waals surface area contributed by atoms with E-state index in [1.807, 2.05) is 72.8 Å². The van der Waals surface area contributed by atoms with Crippen molar-refractivity contribution in [3.8, 4) is 0 Å². The van der Waals surface area contributed by atoms with Crippen molar-refractivity contribution in [2.24, 2.45) is 10.9 Å². The van der Waals surface area contributed by atoms with Crippen molar-refractivity contribution in [2.45, 2.75) is 12.3 Å². The number of rotatable bonds is 6. The molecule has 0 fully saturated rings. The van der Waals surface area contributed by atoms with E-state index in [2.05, 4.69) is 5.16 Å². The first-order chi connectivity index (χ1) is 13.1. The minimum atomic E-state index is -0.570. The van der Waals surface area contributed by atoms with Crippen LogP contribution in [0.1, 0.15) is 22.6 Å². The molecule has 0 saturated heterocycles. The minimum absolute atomic E-state index is 0.213. The summed E-state index contributed by atoms with van der Waals surface area (Å²) in [6.07, 6.45) is 0.367. The minimum Gasteiger partial charge on any atom is -0.384 e. The highest BCUT2D eigenvalue weighted by Gasteiger charge is 2.24. The van der Waals surface area contributed by atoms with Gasteiger partial charge < -0.3 is 10.6 Å². The van der Waals surface area contributed by atoms with Crippen LogP contribution < -0.4 is 5.73 Å². The third kappa shape index (κ3) is 5.19. The molecule has 0 saturated carbocycles. The average molecular weight is 379 g/mol. The predicted molar refractivity (Wildman–Crippen MR) is 108 cm³/mol. The quantitative estimate of drug-likeness (QED) is 0.296. The van der Waals surface area contributed by atoms with E-state index in [1.54, 1.807) is 12.1 Å². The molecule has 0 atom stereocenters. The van der Waals surface area contributed by atoms with Crippen molar-refractivity contribution in [2.75, 3.05) is 0 Å². The summed E-state index contributed by atoms with van der Waals surface area (Å²) in [5.74, 6) is -0.837. The highest BCUT2D eigenvalue weighted by Crippen LogP contribution is 2.26. The molecule has 0 aromatic heterocycles. The molecular weight excluding hydrogens is 360 g/mol. The molecule has 0 aliphatic heterocycles. The van der Waals surface area contributed by atoms with Gasteiger partial charge in [0.1, 0.15) is 11.8 Å². The largest absolute Gasteiger partial charge is 0.384 e. The molecule has 4 nitrogen and oxygen atoms in total. The van der Waals surface area contributed by atoms with Crippen LogP contribution in [0, 0.1) is 0 Å². The van der Waals surface area contributed by atoms with E-state index in [0.29, 0.717) is 11.4 Å². The zero-order chi connectivity index (χ0) is 19.1. The fourth-order valence-electron chi connectivity index (χ4n) is 2.76. The van der Waals surface area contributed by atoms with Crippen LogP contribution in [-0.4, -0.2) is 11.8 Å². The fraction of sp³-hybridized carbons (Fsp3) is 0.0909. The molecular formula is C22H19ClN2O2. The molecule has 0 spiro atoms. The summed E-state index contributed by atoms with van der Waals surface area (Å²) in [7, 11) is 0. The summed E-state index contributed by atoms with van der Waals surface area (Å²) in [5.41, 5.74) is 8.51. The SMILES string of the molecule is N/C(Cc1ccc(Cl)cc1)=N\OC(=O)C(c1ccccc1)c1ccccc1. The van der Waals surface area contributed by atoms with Gasteiger partial charge >= 0.3 is 5.97 Å². The molecule has 0 amide bonds. The van der Waals surface area contributed by atoms with Crippen LogP contribution in [0.15, 0.2) is 90.1 Å². The number of nitrogens with zero attached hydrogens (tertiary/aromatic N) is 1. The highest BCUT2D eigenvalue weighted by atomic mass is 35.5. The molecule has 3 aromatic carbocycles. The van der Waals surface area contributed by atoms with Crippen LogP contribution in [0.5, 0.6) is 0 Å². The number of hydrogen-bond acceptors (Lipinski definition) is 3. The monoisotopic (exact) mass is 378 g/mol. The van der Waals surface area contributed by atoms with Gasteiger partial charge in [0, 0.05) is 11.4 Å². The van der Waals surface area contributed by atoms with Crippen LogP contribution in [0.2, 0.25) is 5.02 Å². The normalized spacial score (nSPS) is 11.4. The first-order valence-electron chi connectivity index (χ1n) is 8.51. The molecule has 0 radical (unpaired) electrons. The Hall–Kier alpha value is -3.11. The van der Waals surface area contributed by atoms with E-state index in [0.717, 1.165) is 16.7 Å². The highest BCUT2D eigenvalue weighted by molar-refractivity contribution is 6.30. The first-order valence-corrected chi connectivity index (χ1v) is 8.89. The number of carbonyl (C=O) groups excluding carboxylic acids is 1. The lowest BCUT2D eigenvalue weighted by Gasteiger charge is -2.15. The van der Waals surface area contributed by atoms with Crippen molar-refractivity contribution in [1.82, 2.24) is 0 Å². The number of oxime groups is 1. The van der Waals surface area contributed by atoms with Gasteiger partial charge in [-0.25, -0.2) is 4.79 Å². The maximum Gasteiger partial charge on any atom is 0.346 e. The third-order valence-electron chi connectivity index (χ3n) is 4.05. The predicted octanol–water partition coefficient (Wildman–Crippen LogP) is 4.53. The standard InChI is InChI=1S/C22H19ClN2O2/c23-19-13-11-16(12-14-19)15-20(24)25-27-22(26)21(17-7-3-1-4-8-17)18-9-5-2-6-10-18/h1-14,21H,15H2,(H2,24,25). The Morgan fingerprint density at radius 2 is 1.41 bits per heavy atom. The second kappa shape index (κ2) is 9.01. The second-order valence-electron chi connectivity index (χ2n) is 6.05. The fourth-order valence-corrected chi connectivity index (χ4v) is 2.88. The Morgan fingerprint density at radius 3 is 1.93 bits per heavy atom. The number of nitrogens with two attached hydrogens (primary N) is 1. The van der Waals surface area contributed by atoms with E-state index in [9.17, 15) is 4.79 Å². The molecule has 5 heteroatoms. The Balaban J connectivity index is 1.75. The lowest BCUT2D eigenvalue weighted by molar-refractivity contribution is -0.144. The van der Waals surface area contributed by atoms with E-state index in [4.69, 9.17) is 22.2 Å². The van der Waals surface area contributed by atoms with Crippen LogP contribution in [0.4, 0.5) is 0 Å². The lowest BCUT2D eigenvalue weighted by Crippen LogP contribution is -2.20. The summed E-state index contributed by atoms with van der Waals surface area (Å²) in [5, 5.41) is 4.47. The van der Waals surface area contributed by atoms with Gasteiger partial charge in [0.2, 0.25) is 0 Å². The smallest absolute Gasteiger partial charge is 0.346 e. The van der Waals surface area contributed by atoms with Crippen molar-refractivity contribution < 1.29 is 9.63 Å². The molecule has 0 aliphatic rings. The van der Waals surface area contributed by atoms with Crippen LogP contribution >= 0.6 is 11.6 Å². The molecule has 3 aromatic rings. The van der Waals surface area contributed by atoms with Gasteiger partial charge in [0.05, 0.1) is 0 Å². The second-order valence-corrected chi connectivity index (χ2v) is 6.49. The van der Waals surface area contributed by atoms with Gasteiger partial charge in [0.15, 0.2) is 0 Å². The first kappa shape index (κ1) is 18.7. The number of benzene rings is 3. The zero-order valence-corrected chi connectivity index (χ0v) is 15.3. The molecule has 136 valence electrons. The maximum absolute atomic E-state index is 12.7. The van der Waals surface area contributed by atoms with E-state index >= 15 is 0 Å². The van der Waals surface area contributed by atoms with E-state index in [-0.39, 0.29) is 5.84 Å². The van der Waals surface area contributed by atoms with Gasteiger partial charge in [-0.2, -0.15) is 0 Å². The van der Waals surface area contributed by atoms with Gasteiger partial charge in [-0.1, -0.05) is 89.6 Å².